The van der Waals surface area contributed by atoms with Crippen LogP contribution in [0.15, 0.2) is 24.3 Å². The van der Waals surface area contributed by atoms with Gasteiger partial charge in [0.15, 0.2) is 0 Å². The van der Waals surface area contributed by atoms with Crippen molar-refractivity contribution in [3.63, 3.8) is 0 Å². The summed E-state index contributed by atoms with van der Waals surface area (Å²) in [4.78, 5) is 0. The second-order valence-corrected chi connectivity index (χ2v) is 6.85. The highest BCUT2D eigenvalue weighted by Crippen LogP contribution is 2.36. The van der Waals surface area contributed by atoms with Gasteiger partial charge in [0.05, 0.1) is 25.4 Å². The standard InChI is InChI=1S/C18H26O3/c1-3-7-13(8-4-1)17(15-11-19-15)21-18(16-12-20-16)14-9-5-2-6-10-14/h3,5,7,9,13-18H,1-2,4,6,8,10-12H2. The fourth-order valence-corrected chi connectivity index (χ4v) is 3.83. The lowest BCUT2D eigenvalue weighted by atomic mass is 9.87. The minimum Gasteiger partial charge on any atom is -0.370 e. The Morgan fingerprint density at radius 1 is 0.810 bits per heavy atom. The zero-order valence-electron chi connectivity index (χ0n) is 12.7. The predicted molar refractivity (Wildman–Crippen MR) is 81.1 cm³/mol. The molecule has 2 aliphatic heterocycles. The van der Waals surface area contributed by atoms with Crippen molar-refractivity contribution in [1.29, 1.82) is 0 Å². The van der Waals surface area contributed by atoms with Crippen LogP contribution in [-0.2, 0) is 14.2 Å². The molecule has 4 aliphatic rings. The Morgan fingerprint density at radius 3 is 1.62 bits per heavy atom. The molecule has 4 rings (SSSR count). The lowest BCUT2D eigenvalue weighted by molar-refractivity contribution is -0.0777. The van der Waals surface area contributed by atoms with Crippen molar-refractivity contribution in [1.82, 2.24) is 0 Å². The van der Waals surface area contributed by atoms with E-state index in [1.165, 1.54) is 38.5 Å². The number of rotatable bonds is 6. The topological polar surface area (TPSA) is 34.3 Å². The van der Waals surface area contributed by atoms with Crippen molar-refractivity contribution in [2.45, 2.75) is 62.9 Å². The Labute approximate surface area is 127 Å². The predicted octanol–water partition coefficient (Wildman–Crippen LogP) is 3.25. The number of ether oxygens (including phenoxy) is 3. The number of epoxide rings is 2. The number of hydrogen-bond acceptors (Lipinski definition) is 3. The van der Waals surface area contributed by atoms with Crippen LogP contribution in [0, 0.1) is 11.8 Å². The highest BCUT2D eigenvalue weighted by Gasteiger charge is 2.45. The molecule has 0 aromatic heterocycles. The summed E-state index contributed by atoms with van der Waals surface area (Å²) in [5, 5.41) is 0. The summed E-state index contributed by atoms with van der Waals surface area (Å²) in [6.07, 6.45) is 17.9. The van der Waals surface area contributed by atoms with E-state index in [0.717, 1.165) is 13.2 Å². The second-order valence-electron chi connectivity index (χ2n) is 6.85. The summed E-state index contributed by atoms with van der Waals surface area (Å²) in [6, 6.07) is 0. The van der Waals surface area contributed by atoms with Gasteiger partial charge in [-0.3, -0.25) is 0 Å². The average Bonchev–Trinajstić information content (AvgIpc) is 3.43. The van der Waals surface area contributed by atoms with Crippen LogP contribution in [0.1, 0.15) is 38.5 Å². The highest BCUT2D eigenvalue weighted by atomic mass is 16.6. The molecule has 0 aromatic carbocycles. The van der Waals surface area contributed by atoms with Gasteiger partial charge in [-0.05, 0) is 38.5 Å². The van der Waals surface area contributed by atoms with E-state index in [2.05, 4.69) is 24.3 Å². The van der Waals surface area contributed by atoms with Crippen LogP contribution in [0.2, 0.25) is 0 Å². The molecular formula is C18H26O3. The van der Waals surface area contributed by atoms with Crippen molar-refractivity contribution in [2.75, 3.05) is 13.2 Å². The molecule has 2 aliphatic carbocycles. The zero-order chi connectivity index (χ0) is 14.1. The van der Waals surface area contributed by atoms with Gasteiger partial charge in [-0.1, -0.05) is 24.3 Å². The van der Waals surface area contributed by atoms with Crippen molar-refractivity contribution >= 4 is 0 Å². The van der Waals surface area contributed by atoms with E-state index in [4.69, 9.17) is 14.2 Å². The first-order valence-corrected chi connectivity index (χ1v) is 8.64. The molecule has 0 N–H and O–H groups in total. The van der Waals surface area contributed by atoms with E-state index >= 15 is 0 Å². The Kier molecular flexibility index (Phi) is 4.15. The molecule has 6 atom stereocenters. The van der Waals surface area contributed by atoms with Crippen LogP contribution in [0.4, 0.5) is 0 Å². The van der Waals surface area contributed by atoms with Crippen LogP contribution in [0.3, 0.4) is 0 Å². The van der Waals surface area contributed by atoms with Gasteiger partial charge in [0, 0.05) is 11.8 Å². The molecule has 21 heavy (non-hydrogen) atoms. The van der Waals surface area contributed by atoms with Crippen LogP contribution < -0.4 is 0 Å². The molecule has 0 amide bonds. The molecule has 116 valence electrons. The lowest BCUT2D eigenvalue weighted by Gasteiger charge is -2.33. The fourth-order valence-electron chi connectivity index (χ4n) is 3.83. The average molecular weight is 290 g/mol. The second kappa shape index (κ2) is 6.23. The first kappa shape index (κ1) is 14.0. The summed E-state index contributed by atoms with van der Waals surface area (Å²) < 4.78 is 17.8. The molecule has 0 radical (unpaired) electrons. The lowest BCUT2D eigenvalue weighted by Crippen LogP contribution is -2.39. The fraction of sp³-hybridized carbons (Fsp3) is 0.778. The van der Waals surface area contributed by atoms with Crippen LogP contribution in [0.25, 0.3) is 0 Å². The maximum atomic E-state index is 6.62. The smallest absolute Gasteiger partial charge is 0.108 e. The van der Waals surface area contributed by atoms with Gasteiger partial charge in [0.1, 0.15) is 12.2 Å². The van der Waals surface area contributed by atoms with E-state index in [1.807, 2.05) is 0 Å². The highest BCUT2D eigenvalue weighted by molar-refractivity contribution is 5.04. The van der Waals surface area contributed by atoms with Crippen LogP contribution in [0.5, 0.6) is 0 Å². The Bertz CT molecular complexity index is 371. The van der Waals surface area contributed by atoms with Gasteiger partial charge in [0.2, 0.25) is 0 Å². The third-order valence-corrected chi connectivity index (χ3v) is 5.19. The Morgan fingerprint density at radius 2 is 1.29 bits per heavy atom. The summed E-state index contributed by atoms with van der Waals surface area (Å²) in [5.74, 6) is 1.06. The maximum Gasteiger partial charge on any atom is 0.108 e. The van der Waals surface area contributed by atoms with Crippen LogP contribution >= 0.6 is 0 Å². The van der Waals surface area contributed by atoms with Gasteiger partial charge in [-0.15, -0.1) is 0 Å². The number of hydrogen-bond donors (Lipinski definition) is 0. The summed E-state index contributed by atoms with van der Waals surface area (Å²) in [7, 11) is 0. The van der Waals surface area contributed by atoms with Crippen molar-refractivity contribution in [3.8, 4) is 0 Å². The quantitative estimate of drug-likeness (QED) is 0.556. The molecule has 0 spiro atoms. The van der Waals surface area contributed by atoms with E-state index in [0.29, 0.717) is 24.0 Å². The van der Waals surface area contributed by atoms with Gasteiger partial charge in [-0.25, -0.2) is 0 Å². The van der Waals surface area contributed by atoms with E-state index < -0.39 is 0 Å². The molecule has 2 fully saturated rings. The molecule has 3 heteroatoms. The molecule has 0 saturated carbocycles. The molecule has 6 unspecified atom stereocenters. The van der Waals surface area contributed by atoms with Gasteiger partial charge < -0.3 is 14.2 Å². The first-order chi connectivity index (χ1) is 10.4. The molecule has 0 aromatic rings. The van der Waals surface area contributed by atoms with Crippen molar-refractivity contribution < 1.29 is 14.2 Å². The van der Waals surface area contributed by atoms with Crippen molar-refractivity contribution in [3.05, 3.63) is 24.3 Å². The minimum absolute atomic E-state index is 0.228. The van der Waals surface area contributed by atoms with Crippen LogP contribution in [-0.4, -0.2) is 37.6 Å². The van der Waals surface area contributed by atoms with E-state index in [9.17, 15) is 0 Å². The largest absolute Gasteiger partial charge is 0.370 e. The molecule has 2 heterocycles. The molecule has 2 saturated heterocycles. The summed E-state index contributed by atoms with van der Waals surface area (Å²) >= 11 is 0. The summed E-state index contributed by atoms with van der Waals surface area (Å²) in [5.41, 5.74) is 0. The zero-order valence-corrected chi connectivity index (χ0v) is 12.7. The van der Waals surface area contributed by atoms with E-state index in [1.54, 1.807) is 0 Å². The SMILES string of the molecule is C1=CC(C(OC(C2C=CCCC2)C2CO2)C2CO2)CCC1. The van der Waals surface area contributed by atoms with Gasteiger partial charge in [0.25, 0.3) is 0 Å². The minimum atomic E-state index is 0.228. The van der Waals surface area contributed by atoms with Gasteiger partial charge >= 0.3 is 0 Å². The third kappa shape index (κ3) is 3.41. The Balaban J connectivity index is 1.46. The number of allylic oxidation sites excluding steroid dienone is 2. The van der Waals surface area contributed by atoms with Crippen molar-refractivity contribution in [2.24, 2.45) is 11.8 Å². The first-order valence-electron chi connectivity index (χ1n) is 8.64. The maximum absolute atomic E-state index is 6.62. The summed E-state index contributed by atoms with van der Waals surface area (Å²) in [6.45, 7) is 1.74. The normalized spacial score (nSPS) is 40.8. The Hall–Kier alpha value is -0.640. The van der Waals surface area contributed by atoms with Gasteiger partial charge in [-0.2, -0.15) is 0 Å². The molecular weight excluding hydrogens is 264 g/mol. The monoisotopic (exact) mass is 290 g/mol. The molecule has 0 bridgehead atoms. The van der Waals surface area contributed by atoms with E-state index in [-0.39, 0.29) is 12.2 Å². The third-order valence-electron chi connectivity index (χ3n) is 5.19. The molecule has 3 nitrogen and oxygen atoms in total.